The molecule has 0 amide bonds. The molecule has 1 aromatic heterocycles. The minimum Gasteiger partial charge on any atom is -0.508 e. The first-order valence-corrected chi connectivity index (χ1v) is 9.52. The maximum atomic E-state index is 9.95. The standard InChI is InChI=1S/C24H17N3O3/c25-27-19-4-2-1-3-17(19)18-11-14(5-8-20(18)27)26-21-9-6-15(28)12-23(21)30-24-13-16(29)7-10-22(24)26/h1-13,28-29H,25H2. The second-order valence-electron chi connectivity index (χ2n) is 7.33. The fraction of sp³-hybridized carbons (Fsp3) is 0. The second-order valence-corrected chi connectivity index (χ2v) is 7.33. The van der Waals surface area contributed by atoms with Gasteiger partial charge in [-0.15, -0.1) is 0 Å². The number of nitrogen functional groups attached to an aromatic ring is 1. The number of benzene rings is 4. The van der Waals surface area contributed by atoms with E-state index in [4.69, 9.17) is 10.6 Å². The summed E-state index contributed by atoms with van der Waals surface area (Å²) in [6.07, 6.45) is 0. The lowest BCUT2D eigenvalue weighted by Gasteiger charge is -2.33. The van der Waals surface area contributed by atoms with Gasteiger partial charge < -0.3 is 25.7 Å². The van der Waals surface area contributed by atoms with Crippen LogP contribution in [0.2, 0.25) is 0 Å². The van der Waals surface area contributed by atoms with Crippen LogP contribution >= 0.6 is 0 Å². The van der Waals surface area contributed by atoms with E-state index in [1.165, 1.54) is 0 Å². The number of rotatable bonds is 1. The van der Waals surface area contributed by atoms with Gasteiger partial charge in [0.1, 0.15) is 11.5 Å². The second kappa shape index (κ2) is 5.84. The largest absolute Gasteiger partial charge is 0.508 e. The topological polar surface area (TPSA) is 83.9 Å². The Balaban J connectivity index is 1.64. The van der Waals surface area contributed by atoms with Crippen LogP contribution in [0.15, 0.2) is 78.9 Å². The minimum atomic E-state index is 0.110. The molecule has 0 spiro atoms. The first-order valence-electron chi connectivity index (χ1n) is 9.52. The Morgan fingerprint density at radius 2 is 1.30 bits per heavy atom. The lowest BCUT2D eigenvalue weighted by atomic mass is 10.1. The van der Waals surface area contributed by atoms with Crippen LogP contribution in [0.1, 0.15) is 0 Å². The average Bonchev–Trinajstić information content (AvgIpc) is 3.04. The van der Waals surface area contributed by atoms with Gasteiger partial charge in [0.05, 0.1) is 22.4 Å². The van der Waals surface area contributed by atoms with Crippen molar-refractivity contribution in [3.05, 3.63) is 78.9 Å². The Morgan fingerprint density at radius 3 is 2.00 bits per heavy atom. The number of fused-ring (bicyclic) bond motifs is 5. The van der Waals surface area contributed by atoms with Gasteiger partial charge in [-0.05, 0) is 48.5 Å². The SMILES string of the molecule is Nn1c2ccccc2c2cc(N3c4ccc(O)cc4Oc4cc(O)ccc43)ccc21. The van der Waals surface area contributed by atoms with Crippen LogP contribution in [0, 0.1) is 0 Å². The quantitative estimate of drug-likeness (QED) is 0.320. The van der Waals surface area contributed by atoms with E-state index in [-0.39, 0.29) is 11.5 Å². The normalized spacial score (nSPS) is 12.6. The molecule has 0 bridgehead atoms. The van der Waals surface area contributed by atoms with Crippen LogP contribution in [-0.4, -0.2) is 14.9 Å². The summed E-state index contributed by atoms with van der Waals surface area (Å²) in [5.41, 5.74) is 4.40. The van der Waals surface area contributed by atoms with Crippen molar-refractivity contribution in [2.45, 2.75) is 0 Å². The number of phenolic OH excluding ortho intramolecular Hbond substituents is 2. The van der Waals surface area contributed by atoms with Gasteiger partial charge in [0.25, 0.3) is 0 Å². The molecule has 4 N–H and O–H groups in total. The molecule has 0 atom stereocenters. The number of nitrogens with zero attached hydrogens (tertiary/aromatic N) is 2. The summed E-state index contributed by atoms with van der Waals surface area (Å²) in [6, 6.07) is 24.2. The van der Waals surface area contributed by atoms with E-state index in [1.54, 1.807) is 28.9 Å². The van der Waals surface area contributed by atoms with Gasteiger partial charge in [-0.25, -0.2) is 0 Å². The number of anilines is 3. The first-order chi connectivity index (χ1) is 14.6. The maximum Gasteiger partial charge on any atom is 0.155 e. The Hall–Kier alpha value is -4.32. The number of ether oxygens (including phenoxy) is 1. The molecule has 1 aliphatic heterocycles. The summed E-state index contributed by atoms with van der Waals surface area (Å²) in [5, 5.41) is 22.0. The molecule has 146 valence electrons. The molecule has 0 radical (unpaired) electrons. The van der Waals surface area contributed by atoms with E-state index >= 15 is 0 Å². The molecule has 0 aliphatic carbocycles. The summed E-state index contributed by atoms with van der Waals surface area (Å²) < 4.78 is 7.67. The predicted molar refractivity (Wildman–Crippen MR) is 118 cm³/mol. The average molecular weight is 395 g/mol. The highest BCUT2D eigenvalue weighted by Crippen LogP contribution is 2.52. The highest BCUT2D eigenvalue weighted by atomic mass is 16.5. The fourth-order valence-electron chi connectivity index (χ4n) is 4.20. The number of aromatic nitrogens is 1. The number of nitrogens with two attached hydrogens (primary N) is 1. The smallest absolute Gasteiger partial charge is 0.155 e. The molecule has 0 unspecified atom stereocenters. The van der Waals surface area contributed by atoms with Gasteiger partial charge in [0.15, 0.2) is 11.5 Å². The van der Waals surface area contributed by atoms with Crippen LogP contribution in [-0.2, 0) is 0 Å². The van der Waals surface area contributed by atoms with Crippen molar-refractivity contribution < 1.29 is 14.9 Å². The third kappa shape index (κ3) is 2.24. The predicted octanol–water partition coefficient (Wildman–Crippen LogP) is 5.50. The van der Waals surface area contributed by atoms with Crippen LogP contribution in [0.4, 0.5) is 17.1 Å². The van der Waals surface area contributed by atoms with Crippen molar-refractivity contribution in [2.75, 3.05) is 10.7 Å². The van der Waals surface area contributed by atoms with Crippen molar-refractivity contribution in [1.29, 1.82) is 0 Å². The lowest BCUT2D eigenvalue weighted by molar-refractivity contribution is 0.443. The lowest BCUT2D eigenvalue weighted by Crippen LogP contribution is -2.15. The molecule has 0 saturated carbocycles. The number of para-hydroxylation sites is 1. The van der Waals surface area contributed by atoms with Gasteiger partial charge in [0, 0.05) is 28.6 Å². The van der Waals surface area contributed by atoms with Crippen molar-refractivity contribution in [3.63, 3.8) is 0 Å². The third-order valence-electron chi connectivity index (χ3n) is 5.54. The highest BCUT2D eigenvalue weighted by Gasteiger charge is 2.27. The van der Waals surface area contributed by atoms with E-state index in [9.17, 15) is 10.2 Å². The van der Waals surface area contributed by atoms with Gasteiger partial charge >= 0.3 is 0 Å². The van der Waals surface area contributed by atoms with Gasteiger partial charge in [-0.2, -0.15) is 0 Å². The van der Waals surface area contributed by atoms with Crippen molar-refractivity contribution in [1.82, 2.24) is 4.68 Å². The van der Waals surface area contributed by atoms with Crippen LogP contribution in [0.3, 0.4) is 0 Å². The molecule has 2 heterocycles. The van der Waals surface area contributed by atoms with E-state index < -0.39 is 0 Å². The molecule has 1 aliphatic rings. The molecular weight excluding hydrogens is 378 g/mol. The molecule has 6 nitrogen and oxygen atoms in total. The summed E-state index contributed by atoms with van der Waals surface area (Å²) in [5.74, 6) is 7.55. The monoisotopic (exact) mass is 395 g/mol. The van der Waals surface area contributed by atoms with Gasteiger partial charge in [-0.1, -0.05) is 18.2 Å². The molecular formula is C24H17N3O3. The molecule has 0 saturated heterocycles. The first kappa shape index (κ1) is 16.6. The number of hydrogen-bond donors (Lipinski definition) is 3. The number of phenols is 2. The number of aromatic hydroxyl groups is 2. The third-order valence-corrected chi connectivity index (χ3v) is 5.54. The summed E-state index contributed by atoms with van der Waals surface area (Å²) in [6.45, 7) is 0. The maximum absolute atomic E-state index is 9.95. The van der Waals surface area contributed by atoms with E-state index in [2.05, 4.69) is 17.0 Å². The van der Waals surface area contributed by atoms with Crippen molar-refractivity contribution >= 4 is 38.9 Å². The zero-order valence-electron chi connectivity index (χ0n) is 15.8. The van der Waals surface area contributed by atoms with E-state index in [1.807, 2.05) is 42.5 Å². The fourth-order valence-corrected chi connectivity index (χ4v) is 4.20. The molecule has 6 rings (SSSR count). The van der Waals surface area contributed by atoms with Gasteiger partial charge in [0.2, 0.25) is 0 Å². The van der Waals surface area contributed by atoms with Crippen LogP contribution in [0.5, 0.6) is 23.0 Å². The molecule has 0 fully saturated rings. The minimum absolute atomic E-state index is 0.110. The van der Waals surface area contributed by atoms with Crippen molar-refractivity contribution in [2.24, 2.45) is 0 Å². The Bertz CT molecular complexity index is 1420. The Kier molecular flexibility index (Phi) is 3.23. The Labute approximate surface area is 171 Å². The summed E-state index contributed by atoms with van der Waals surface area (Å²) >= 11 is 0. The van der Waals surface area contributed by atoms with Crippen LogP contribution < -0.4 is 15.5 Å². The zero-order chi connectivity index (χ0) is 20.4. The van der Waals surface area contributed by atoms with Crippen molar-refractivity contribution in [3.8, 4) is 23.0 Å². The summed E-state index contributed by atoms with van der Waals surface area (Å²) in [4.78, 5) is 2.05. The molecule has 4 aromatic carbocycles. The van der Waals surface area contributed by atoms with E-state index in [0.29, 0.717) is 11.5 Å². The Morgan fingerprint density at radius 1 is 0.667 bits per heavy atom. The molecule has 30 heavy (non-hydrogen) atoms. The highest BCUT2D eigenvalue weighted by molar-refractivity contribution is 6.09. The number of hydrogen-bond acceptors (Lipinski definition) is 5. The molecule has 5 aromatic rings. The molecule has 6 heteroatoms. The van der Waals surface area contributed by atoms with Gasteiger partial charge in [-0.3, -0.25) is 4.68 Å². The van der Waals surface area contributed by atoms with Crippen LogP contribution in [0.25, 0.3) is 21.8 Å². The van der Waals surface area contributed by atoms with E-state index in [0.717, 1.165) is 38.9 Å². The summed E-state index contributed by atoms with van der Waals surface area (Å²) in [7, 11) is 0. The zero-order valence-corrected chi connectivity index (χ0v) is 15.8.